The molecule has 6 heteroatoms. The number of nitrogens with zero attached hydrogens (tertiary/aromatic N) is 2. The van der Waals surface area contributed by atoms with Crippen LogP contribution in [0.2, 0.25) is 0 Å². The van der Waals surface area contributed by atoms with Crippen LogP contribution >= 0.6 is 22.6 Å². The lowest BCUT2D eigenvalue weighted by atomic mass is 10.1. The van der Waals surface area contributed by atoms with Crippen LogP contribution in [-0.2, 0) is 0 Å². The number of carbonyl (C=O) groups excluding carboxylic acids is 1. The predicted molar refractivity (Wildman–Crippen MR) is 82.3 cm³/mol. The molecule has 1 rings (SSSR count). The molecule has 19 heavy (non-hydrogen) atoms. The summed E-state index contributed by atoms with van der Waals surface area (Å²) in [6.07, 6.45) is 1.90. The Morgan fingerprint density at radius 2 is 2.16 bits per heavy atom. The molecule has 0 N–H and O–H groups in total. The second kappa shape index (κ2) is 6.83. The van der Waals surface area contributed by atoms with Gasteiger partial charge >= 0.3 is 0 Å². The van der Waals surface area contributed by atoms with Gasteiger partial charge in [-0.15, -0.1) is 0 Å². The lowest BCUT2D eigenvalue weighted by molar-refractivity contribution is -0.384. The highest BCUT2D eigenvalue weighted by atomic mass is 127. The Bertz CT molecular complexity index is 491. The van der Waals surface area contributed by atoms with Gasteiger partial charge in [0, 0.05) is 28.8 Å². The van der Waals surface area contributed by atoms with Crippen molar-refractivity contribution in [1.29, 1.82) is 0 Å². The summed E-state index contributed by atoms with van der Waals surface area (Å²) < 4.78 is 0.726. The van der Waals surface area contributed by atoms with Crippen LogP contribution in [0.5, 0.6) is 0 Å². The maximum atomic E-state index is 12.4. The molecule has 0 saturated heterocycles. The van der Waals surface area contributed by atoms with Crippen molar-refractivity contribution >= 4 is 34.2 Å². The van der Waals surface area contributed by atoms with Gasteiger partial charge in [0.2, 0.25) is 0 Å². The van der Waals surface area contributed by atoms with Crippen LogP contribution < -0.4 is 0 Å². The van der Waals surface area contributed by atoms with Crippen LogP contribution in [0.4, 0.5) is 5.69 Å². The molecular weight excluding hydrogens is 359 g/mol. The molecule has 0 aliphatic carbocycles. The van der Waals surface area contributed by atoms with Crippen LogP contribution in [0, 0.1) is 13.7 Å². The number of benzene rings is 1. The minimum absolute atomic E-state index is 0.0553. The SMILES string of the molecule is CCCC(C)N(C)C(=O)c1cc([N+](=O)[O-])ccc1I. The lowest BCUT2D eigenvalue weighted by Crippen LogP contribution is -2.35. The van der Waals surface area contributed by atoms with E-state index in [1.807, 2.05) is 29.5 Å². The van der Waals surface area contributed by atoms with Crippen molar-refractivity contribution in [2.75, 3.05) is 7.05 Å². The van der Waals surface area contributed by atoms with Gasteiger partial charge < -0.3 is 4.90 Å². The zero-order valence-corrected chi connectivity index (χ0v) is 13.4. The normalized spacial score (nSPS) is 12.0. The fourth-order valence-electron chi connectivity index (χ4n) is 1.79. The molecule has 0 spiro atoms. The van der Waals surface area contributed by atoms with Crippen molar-refractivity contribution in [1.82, 2.24) is 4.90 Å². The summed E-state index contributed by atoms with van der Waals surface area (Å²) in [5.41, 5.74) is 0.334. The average molecular weight is 376 g/mol. The number of rotatable bonds is 5. The Morgan fingerprint density at radius 1 is 1.53 bits per heavy atom. The van der Waals surface area contributed by atoms with Gasteiger partial charge in [-0.25, -0.2) is 0 Å². The molecule has 0 aromatic heterocycles. The number of halogens is 1. The van der Waals surface area contributed by atoms with E-state index in [0.29, 0.717) is 5.56 Å². The van der Waals surface area contributed by atoms with Gasteiger partial charge in [0.15, 0.2) is 0 Å². The highest BCUT2D eigenvalue weighted by Gasteiger charge is 2.21. The van der Waals surface area contributed by atoms with Gasteiger partial charge in [-0.2, -0.15) is 0 Å². The van der Waals surface area contributed by atoms with E-state index in [0.717, 1.165) is 16.4 Å². The molecule has 1 aromatic rings. The van der Waals surface area contributed by atoms with Crippen molar-refractivity contribution in [2.24, 2.45) is 0 Å². The Hall–Kier alpha value is -1.18. The molecule has 1 unspecified atom stereocenters. The average Bonchev–Trinajstić information content (AvgIpc) is 2.37. The standard InChI is InChI=1S/C13H17IN2O3/c1-4-5-9(2)15(3)13(17)11-8-10(16(18)19)6-7-12(11)14/h6-9H,4-5H2,1-3H3. The van der Waals surface area contributed by atoms with Crippen LogP contribution in [0.3, 0.4) is 0 Å². The Kier molecular flexibility index (Phi) is 5.71. The monoisotopic (exact) mass is 376 g/mol. The minimum Gasteiger partial charge on any atom is -0.339 e. The van der Waals surface area contributed by atoms with Crippen LogP contribution in [-0.4, -0.2) is 28.8 Å². The van der Waals surface area contributed by atoms with Gasteiger partial charge in [-0.05, 0) is 42.0 Å². The second-order valence-corrected chi connectivity index (χ2v) is 5.64. The first-order valence-electron chi connectivity index (χ1n) is 6.09. The maximum absolute atomic E-state index is 12.4. The summed E-state index contributed by atoms with van der Waals surface area (Å²) in [4.78, 5) is 24.3. The minimum atomic E-state index is -0.484. The third-order valence-electron chi connectivity index (χ3n) is 3.08. The number of hydrogen-bond donors (Lipinski definition) is 0. The molecule has 0 saturated carbocycles. The van der Waals surface area contributed by atoms with Gasteiger partial charge in [0.05, 0.1) is 10.5 Å². The largest absolute Gasteiger partial charge is 0.339 e. The van der Waals surface area contributed by atoms with E-state index in [1.165, 1.54) is 12.1 Å². The first-order valence-corrected chi connectivity index (χ1v) is 7.17. The summed E-state index contributed by atoms with van der Waals surface area (Å²) in [6.45, 7) is 4.04. The fraction of sp³-hybridized carbons (Fsp3) is 0.462. The molecular formula is C13H17IN2O3. The number of nitro groups is 1. The third-order valence-corrected chi connectivity index (χ3v) is 4.02. The molecule has 1 atom stereocenters. The number of hydrogen-bond acceptors (Lipinski definition) is 3. The van der Waals surface area contributed by atoms with E-state index in [4.69, 9.17) is 0 Å². The van der Waals surface area contributed by atoms with Gasteiger partial charge in [-0.1, -0.05) is 13.3 Å². The highest BCUT2D eigenvalue weighted by molar-refractivity contribution is 14.1. The van der Waals surface area contributed by atoms with Crippen molar-refractivity contribution < 1.29 is 9.72 Å². The van der Waals surface area contributed by atoms with Crippen LogP contribution in [0.1, 0.15) is 37.0 Å². The van der Waals surface area contributed by atoms with Crippen molar-refractivity contribution in [2.45, 2.75) is 32.7 Å². The first kappa shape index (κ1) is 15.9. The highest BCUT2D eigenvalue weighted by Crippen LogP contribution is 2.21. The van der Waals surface area contributed by atoms with E-state index in [1.54, 1.807) is 18.0 Å². The fourth-order valence-corrected chi connectivity index (χ4v) is 2.36. The van der Waals surface area contributed by atoms with E-state index < -0.39 is 4.92 Å². The van der Waals surface area contributed by atoms with E-state index in [2.05, 4.69) is 6.92 Å². The molecule has 1 amide bonds. The lowest BCUT2D eigenvalue weighted by Gasteiger charge is -2.25. The van der Waals surface area contributed by atoms with Crippen molar-refractivity contribution in [3.05, 3.63) is 37.4 Å². The number of nitro benzene ring substituents is 1. The van der Waals surface area contributed by atoms with Crippen LogP contribution in [0.15, 0.2) is 18.2 Å². The third kappa shape index (κ3) is 3.89. The maximum Gasteiger partial charge on any atom is 0.270 e. The Morgan fingerprint density at radius 3 is 2.68 bits per heavy atom. The first-order chi connectivity index (χ1) is 8.88. The topological polar surface area (TPSA) is 63.5 Å². The van der Waals surface area contributed by atoms with Crippen LogP contribution in [0.25, 0.3) is 0 Å². The zero-order chi connectivity index (χ0) is 14.6. The summed E-state index contributed by atoms with van der Waals surface area (Å²) in [7, 11) is 1.73. The molecule has 0 bridgehead atoms. The predicted octanol–water partition coefficient (Wildman–Crippen LogP) is 3.46. The molecule has 0 aliphatic rings. The molecule has 1 aromatic carbocycles. The molecule has 0 heterocycles. The quantitative estimate of drug-likeness (QED) is 0.449. The van der Waals surface area contributed by atoms with Gasteiger partial charge in [-0.3, -0.25) is 14.9 Å². The van der Waals surface area contributed by atoms with Crippen molar-refractivity contribution in [3.63, 3.8) is 0 Å². The van der Waals surface area contributed by atoms with E-state index in [-0.39, 0.29) is 17.6 Å². The van der Waals surface area contributed by atoms with E-state index in [9.17, 15) is 14.9 Å². The second-order valence-electron chi connectivity index (χ2n) is 4.48. The summed E-state index contributed by atoms with van der Waals surface area (Å²) in [5, 5.41) is 10.8. The molecule has 5 nitrogen and oxygen atoms in total. The number of carbonyl (C=O) groups is 1. The molecule has 104 valence electrons. The summed E-state index contributed by atoms with van der Waals surface area (Å²) in [6, 6.07) is 4.48. The zero-order valence-electron chi connectivity index (χ0n) is 11.2. The summed E-state index contributed by atoms with van der Waals surface area (Å²) in [5.74, 6) is -0.172. The van der Waals surface area contributed by atoms with E-state index >= 15 is 0 Å². The number of amides is 1. The molecule has 0 fully saturated rings. The molecule has 0 aliphatic heterocycles. The van der Waals surface area contributed by atoms with Gasteiger partial charge in [0.1, 0.15) is 0 Å². The summed E-state index contributed by atoms with van der Waals surface area (Å²) >= 11 is 2.02. The Labute approximate surface area is 126 Å². The smallest absolute Gasteiger partial charge is 0.270 e. The number of non-ortho nitro benzene ring substituents is 1. The Balaban J connectivity index is 3.04. The van der Waals surface area contributed by atoms with Crippen molar-refractivity contribution in [3.8, 4) is 0 Å². The van der Waals surface area contributed by atoms with Gasteiger partial charge in [0.25, 0.3) is 11.6 Å². The molecule has 0 radical (unpaired) electrons.